The molecule has 11 unspecified atom stereocenters. The van der Waals surface area contributed by atoms with E-state index in [1.165, 1.54) is 0 Å². The number of aliphatic hydroxyl groups excluding tert-OH is 7. The van der Waals surface area contributed by atoms with Crippen molar-refractivity contribution in [3.8, 4) is 0 Å². The van der Waals surface area contributed by atoms with Crippen molar-refractivity contribution < 1.29 is 73.8 Å². The lowest BCUT2D eigenvalue weighted by molar-refractivity contribution is -0.332. The van der Waals surface area contributed by atoms with Crippen LogP contribution >= 0.6 is 0 Å². The van der Waals surface area contributed by atoms with Gasteiger partial charge in [0, 0.05) is 6.42 Å². The molecule has 0 aromatic rings. The van der Waals surface area contributed by atoms with Gasteiger partial charge in [-0.25, -0.2) is 0 Å². The summed E-state index contributed by atoms with van der Waals surface area (Å²) in [5.41, 5.74) is 0. The normalized spacial score (nSPS) is 30.6. The molecule has 15 nitrogen and oxygen atoms in total. The maximum atomic E-state index is 12.6. The van der Waals surface area contributed by atoms with E-state index in [1.54, 1.807) is 13.0 Å². The number of carbonyl (C=O) groups excluding carboxylic acids is 2. The smallest absolute Gasteiger partial charge is 0.310 e. The van der Waals surface area contributed by atoms with Crippen molar-refractivity contribution in [2.45, 2.75) is 133 Å². The molecule has 0 aliphatic carbocycles. The van der Waals surface area contributed by atoms with E-state index in [1.807, 2.05) is 18.2 Å². The highest BCUT2D eigenvalue weighted by Crippen LogP contribution is 2.26. The summed E-state index contributed by atoms with van der Waals surface area (Å²) < 4.78 is 32.6. The predicted octanol–water partition coefficient (Wildman–Crippen LogP) is 1.02. The maximum Gasteiger partial charge on any atom is 0.310 e. The monoisotopic (exact) mass is 742 g/mol. The summed E-state index contributed by atoms with van der Waals surface area (Å²) in [7, 11) is 0. The van der Waals surface area contributed by atoms with E-state index in [-0.39, 0.29) is 19.4 Å². The molecule has 0 aromatic heterocycles. The summed E-state index contributed by atoms with van der Waals surface area (Å²) in [6.45, 7) is 1.89. The Labute approximate surface area is 305 Å². The molecular formula is C37H58O15. The Kier molecular flexibility index (Phi) is 22.7. The molecule has 52 heavy (non-hydrogen) atoms. The second kappa shape index (κ2) is 26.1. The second-order valence-corrected chi connectivity index (χ2v) is 12.3. The average molecular weight is 743 g/mol. The predicted molar refractivity (Wildman–Crippen MR) is 187 cm³/mol. The minimum Gasteiger partial charge on any atom is -0.462 e. The van der Waals surface area contributed by atoms with E-state index in [2.05, 4.69) is 43.4 Å². The number of allylic oxidation sites excluding steroid dienone is 9. The van der Waals surface area contributed by atoms with Crippen molar-refractivity contribution in [1.82, 2.24) is 0 Å². The molecule has 0 radical (unpaired) electrons. The lowest BCUT2D eigenvalue weighted by Gasteiger charge is -2.42. The fraction of sp³-hybridized carbons (Fsp3) is 0.676. The Morgan fingerprint density at radius 1 is 0.615 bits per heavy atom. The minimum absolute atomic E-state index is 0.0717. The van der Waals surface area contributed by atoms with Gasteiger partial charge < -0.3 is 64.2 Å². The van der Waals surface area contributed by atoms with E-state index in [0.717, 1.165) is 25.7 Å². The van der Waals surface area contributed by atoms with Gasteiger partial charge in [-0.2, -0.15) is 0 Å². The molecule has 11 atom stereocenters. The second-order valence-electron chi connectivity index (χ2n) is 12.3. The molecule has 2 aliphatic rings. The number of rotatable bonds is 23. The Balaban J connectivity index is 1.87. The first kappa shape index (κ1) is 45.4. The fourth-order valence-electron chi connectivity index (χ4n) is 5.03. The van der Waals surface area contributed by atoms with Gasteiger partial charge in [0.25, 0.3) is 0 Å². The highest BCUT2D eigenvalue weighted by molar-refractivity contribution is 5.71. The third-order valence-electron chi connectivity index (χ3n) is 8.01. The van der Waals surface area contributed by atoms with Gasteiger partial charge in [-0.15, -0.1) is 0 Å². The molecule has 7 N–H and O–H groups in total. The first-order valence-electron chi connectivity index (χ1n) is 17.9. The van der Waals surface area contributed by atoms with Gasteiger partial charge in [0.05, 0.1) is 26.2 Å². The van der Waals surface area contributed by atoms with E-state index in [4.69, 9.17) is 28.4 Å². The van der Waals surface area contributed by atoms with Crippen molar-refractivity contribution in [2.24, 2.45) is 0 Å². The summed E-state index contributed by atoms with van der Waals surface area (Å²) in [4.78, 5) is 24.6. The molecule has 2 fully saturated rings. The number of carbonyl (C=O) groups is 2. The van der Waals surface area contributed by atoms with Crippen LogP contribution < -0.4 is 0 Å². The summed E-state index contributed by atoms with van der Waals surface area (Å²) in [6, 6.07) is 0. The van der Waals surface area contributed by atoms with Gasteiger partial charge in [-0.3, -0.25) is 9.59 Å². The molecule has 0 saturated carbocycles. The van der Waals surface area contributed by atoms with Crippen LogP contribution in [0.1, 0.15) is 65.2 Å². The van der Waals surface area contributed by atoms with Crippen LogP contribution in [0, 0.1) is 0 Å². The third kappa shape index (κ3) is 16.5. The number of hydrogen-bond donors (Lipinski definition) is 7. The van der Waals surface area contributed by atoms with Gasteiger partial charge >= 0.3 is 11.9 Å². The van der Waals surface area contributed by atoms with Crippen LogP contribution in [-0.2, 0) is 38.0 Å². The quantitative estimate of drug-likeness (QED) is 0.0573. The minimum atomic E-state index is -1.78. The van der Waals surface area contributed by atoms with E-state index >= 15 is 0 Å². The highest BCUT2D eigenvalue weighted by atomic mass is 16.7. The number of esters is 2. The summed E-state index contributed by atoms with van der Waals surface area (Å²) in [5.74, 6) is -1.15. The summed E-state index contributed by atoms with van der Waals surface area (Å²) in [6.07, 6.45) is 7.99. The molecule has 0 amide bonds. The van der Waals surface area contributed by atoms with Crippen molar-refractivity contribution in [2.75, 3.05) is 26.4 Å². The van der Waals surface area contributed by atoms with Crippen LogP contribution in [-0.4, -0.2) is 142 Å². The standard InChI is InChI=1S/C37H58O15/c1-3-5-6-7-8-9-10-11-12-13-14-15-16-17-18-20-29(40)50-25(22-47-28(39)19-4-2)23-48-36-35(46)33(44)31(42)27(52-36)24-49-37-34(45)32(43)30(41)26(21-38)51-37/h5-6,8-9,11-12,14-15,17-18,25-27,30-38,41-46H,3-4,7,10,13,16,19-24H2,1-2H3/b6-5-,9-8-,12-11-,15-14-,18-17-. The molecular weight excluding hydrogens is 684 g/mol. The Morgan fingerprint density at radius 3 is 1.65 bits per heavy atom. The van der Waals surface area contributed by atoms with Crippen LogP contribution in [0.15, 0.2) is 60.8 Å². The molecule has 2 saturated heterocycles. The van der Waals surface area contributed by atoms with Gasteiger partial charge in [0.2, 0.25) is 0 Å². The van der Waals surface area contributed by atoms with Gasteiger partial charge in [0.1, 0.15) is 55.4 Å². The lowest BCUT2D eigenvalue weighted by Crippen LogP contribution is -2.61. The fourth-order valence-corrected chi connectivity index (χ4v) is 5.03. The zero-order valence-corrected chi connectivity index (χ0v) is 30.0. The third-order valence-corrected chi connectivity index (χ3v) is 8.01. The lowest BCUT2D eigenvalue weighted by atomic mass is 9.98. The number of aliphatic hydroxyl groups is 7. The Hall–Kier alpha value is -2.80. The molecule has 2 aliphatic heterocycles. The SMILES string of the molecule is CC/C=C\C/C=C\C/C=C\C/C=C\C/C=C\CC(=O)OC(COC(=O)CCC)COC1OC(COC2OC(CO)C(O)C(O)C2O)C(O)C(O)C1O. The van der Waals surface area contributed by atoms with Crippen molar-refractivity contribution in [1.29, 1.82) is 0 Å². The Bertz CT molecular complexity index is 1150. The first-order valence-corrected chi connectivity index (χ1v) is 17.9. The van der Waals surface area contributed by atoms with Gasteiger partial charge in [-0.1, -0.05) is 74.6 Å². The van der Waals surface area contributed by atoms with Crippen LogP contribution in [0.4, 0.5) is 0 Å². The molecule has 0 spiro atoms. The largest absolute Gasteiger partial charge is 0.462 e. The molecule has 0 bridgehead atoms. The molecule has 2 heterocycles. The molecule has 296 valence electrons. The summed E-state index contributed by atoms with van der Waals surface area (Å²) in [5, 5.41) is 71.0. The highest BCUT2D eigenvalue weighted by Gasteiger charge is 2.47. The molecule has 15 heteroatoms. The molecule has 2 rings (SSSR count). The number of ether oxygens (including phenoxy) is 6. The topological polar surface area (TPSA) is 231 Å². The van der Waals surface area contributed by atoms with Crippen molar-refractivity contribution >= 4 is 11.9 Å². The van der Waals surface area contributed by atoms with Crippen LogP contribution in [0.2, 0.25) is 0 Å². The van der Waals surface area contributed by atoms with E-state index in [0.29, 0.717) is 12.8 Å². The zero-order valence-electron chi connectivity index (χ0n) is 30.0. The van der Waals surface area contributed by atoms with E-state index < -0.39 is 99.3 Å². The van der Waals surface area contributed by atoms with Crippen LogP contribution in [0.5, 0.6) is 0 Å². The van der Waals surface area contributed by atoms with E-state index in [9.17, 15) is 45.3 Å². The van der Waals surface area contributed by atoms with Crippen molar-refractivity contribution in [3.05, 3.63) is 60.8 Å². The summed E-state index contributed by atoms with van der Waals surface area (Å²) >= 11 is 0. The maximum absolute atomic E-state index is 12.6. The first-order chi connectivity index (χ1) is 25.0. The van der Waals surface area contributed by atoms with Crippen LogP contribution in [0.3, 0.4) is 0 Å². The number of hydrogen-bond acceptors (Lipinski definition) is 15. The Morgan fingerprint density at radius 2 is 1.12 bits per heavy atom. The van der Waals surface area contributed by atoms with Gasteiger partial charge in [-0.05, 0) is 38.5 Å². The average Bonchev–Trinajstić information content (AvgIpc) is 3.13. The van der Waals surface area contributed by atoms with Crippen molar-refractivity contribution in [3.63, 3.8) is 0 Å². The zero-order chi connectivity index (χ0) is 38.3. The van der Waals surface area contributed by atoms with Gasteiger partial charge in [0.15, 0.2) is 18.7 Å². The van der Waals surface area contributed by atoms with Crippen LogP contribution in [0.25, 0.3) is 0 Å². The molecule has 0 aromatic carbocycles.